The number of rotatable bonds is 3. The molecule has 1 fully saturated rings. The number of nitriles is 1. The van der Waals surface area contributed by atoms with Gasteiger partial charge in [0.25, 0.3) is 5.56 Å². The molecule has 2 N–H and O–H groups in total. The quantitative estimate of drug-likeness (QED) is 0.437. The highest BCUT2D eigenvalue weighted by atomic mass is 32.1. The van der Waals surface area contributed by atoms with Gasteiger partial charge >= 0.3 is 0 Å². The van der Waals surface area contributed by atoms with E-state index in [9.17, 15) is 10.1 Å². The maximum Gasteiger partial charge on any atom is 0.271 e. The Morgan fingerprint density at radius 2 is 1.97 bits per heavy atom. The van der Waals surface area contributed by atoms with Crippen LogP contribution in [-0.4, -0.2) is 30.7 Å². The number of hydrogen-bond donors (Lipinski definition) is 1. The number of benzene rings is 1. The van der Waals surface area contributed by atoms with Gasteiger partial charge in [-0.15, -0.1) is 0 Å². The molecule has 0 unspecified atom stereocenters. The third kappa shape index (κ3) is 3.73. The number of para-hydroxylation sites is 1. The summed E-state index contributed by atoms with van der Waals surface area (Å²) >= 11 is 0. The smallest absolute Gasteiger partial charge is 0.271 e. The summed E-state index contributed by atoms with van der Waals surface area (Å²) in [6, 6.07) is 12.5. The van der Waals surface area contributed by atoms with Gasteiger partial charge in [0.05, 0.1) is 24.5 Å². The first-order valence-corrected chi connectivity index (χ1v) is 9.90. The zero-order chi connectivity index (χ0) is 22.4. The van der Waals surface area contributed by atoms with E-state index in [-0.39, 0.29) is 61.7 Å². The van der Waals surface area contributed by atoms with Crippen LogP contribution in [0.25, 0.3) is 16.0 Å². The summed E-state index contributed by atoms with van der Waals surface area (Å²) < 4.78 is 2.99. The number of nitrogen functional groups attached to an aromatic ring is 1. The molecule has 1 aromatic carbocycles. The van der Waals surface area contributed by atoms with Crippen molar-refractivity contribution in [2.75, 3.05) is 17.2 Å². The Labute approximate surface area is 209 Å². The van der Waals surface area contributed by atoms with Crippen LogP contribution in [0.3, 0.4) is 0 Å². The van der Waals surface area contributed by atoms with Crippen molar-refractivity contribution >= 4 is 50.0 Å². The van der Waals surface area contributed by atoms with Gasteiger partial charge in [0.1, 0.15) is 17.1 Å². The predicted molar refractivity (Wildman–Crippen MR) is 138 cm³/mol. The van der Waals surface area contributed by atoms with Gasteiger partial charge < -0.3 is 10.6 Å². The molecule has 4 aromatic rings. The molecule has 0 radical (unpaired) electrons. The van der Waals surface area contributed by atoms with Crippen LogP contribution in [0.15, 0.2) is 53.6 Å². The Hall–Kier alpha value is -4.00. The molecule has 5 rings (SSSR count). The van der Waals surface area contributed by atoms with E-state index < -0.39 is 0 Å². The molecule has 1 aliphatic heterocycles. The molecule has 1 saturated heterocycles. The van der Waals surface area contributed by atoms with Crippen LogP contribution in [0.2, 0.25) is 0 Å². The van der Waals surface area contributed by atoms with Crippen molar-refractivity contribution in [2.45, 2.75) is 13.0 Å². The topological polar surface area (TPSA) is 122 Å². The first-order valence-electron chi connectivity index (χ1n) is 9.90. The average molecular weight is 492 g/mol. The average Bonchev–Trinajstić information content (AvgIpc) is 3.21. The molecule has 4 heterocycles. The van der Waals surface area contributed by atoms with E-state index in [1.54, 1.807) is 12.3 Å². The fraction of sp³-hybridized carbons (Fsp3) is 0.182. The summed E-state index contributed by atoms with van der Waals surface area (Å²) in [5.41, 5.74) is 6.85. The van der Waals surface area contributed by atoms with E-state index in [1.807, 2.05) is 42.2 Å². The Balaban J connectivity index is 0.00000162. The number of nitrogens with two attached hydrogens (primary N) is 1. The lowest BCUT2D eigenvalue weighted by molar-refractivity contribution is 0.300. The molecule has 0 bridgehead atoms. The van der Waals surface area contributed by atoms with Crippen LogP contribution in [0.4, 0.5) is 17.5 Å². The minimum Gasteiger partial charge on any atom is -0.368 e. The maximum absolute atomic E-state index is 13.6. The lowest BCUT2D eigenvalue weighted by Crippen LogP contribution is -2.51. The molecule has 2 atom stereocenters. The number of nitrogens with zero attached hydrogens (tertiary/aromatic N) is 8. The van der Waals surface area contributed by atoms with Crippen LogP contribution in [0, 0.1) is 23.8 Å². The second-order valence-electron chi connectivity index (χ2n) is 7.59. The van der Waals surface area contributed by atoms with Crippen molar-refractivity contribution in [2.24, 2.45) is 5.92 Å². The zero-order valence-corrected chi connectivity index (χ0v) is 20.0. The first-order chi connectivity index (χ1) is 15.5. The Bertz CT molecular complexity index is 1500. The van der Waals surface area contributed by atoms with E-state index >= 15 is 0 Å². The van der Waals surface area contributed by atoms with Crippen molar-refractivity contribution in [1.82, 2.24) is 24.1 Å². The predicted octanol–water partition coefficient (Wildman–Crippen LogP) is 2.70. The lowest BCUT2D eigenvalue weighted by Gasteiger charge is -2.47. The maximum atomic E-state index is 13.6. The van der Waals surface area contributed by atoms with Gasteiger partial charge in [0.2, 0.25) is 11.6 Å². The zero-order valence-electron chi connectivity index (χ0n) is 18.0. The largest absolute Gasteiger partial charge is 0.368 e. The Morgan fingerprint density at radius 3 is 2.62 bits per heavy atom. The summed E-state index contributed by atoms with van der Waals surface area (Å²) in [6.45, 7) is 10.1. The van der Waals surface area contributed by atoms with Gasteiger partial charge in [-0.3, -0.25) is 9.36 Å². The normalized spacial score (nSPS) is 16.5. The standard InChI is InChI=1S/C22H17N9O.2H2S/c1-13-12-29(19-14(10-23)11-26-22(24)27-19)17(13)20-28-30-9-8-16(25-2)18(30)21(32)31(20)15-6-4-3-5-7-15;;/h3-9,11,13,17H,12H2,1H3,(H2,24,26,27);2*1H2/t13-,17-;;/m0../s1. The number of fused-ring (bicyclic) bond motifs is 1. The van der Waals surface area contributed by atoms with E-state index in [4.69, 9.17) is 17.4 Å². The van der Waals surface area contributed by atoms with Crippen molar-refractivity contribution in [3.63, 3.8) is 0 Å². The van der Waals surface area contributed by atoms with E-state index in [2.05, 4.69) is 20.9 Å². The van der Waals surface area contributed by atoms with Gasteiger partial charge in [-0.1, -0.05) is 25.1 Å². The Kier molecular flexibility index (Phi) is 6.86. The van der Waals surface area contributed by atoms with Crippen molar-refractivity contribution in [1.29, 1.82) is 5.26 Å². The van der Waals surface area contributed by atoms with Crippen LogP contribution in [0.1, 0.15) is 24.4 Å². The monoisotopic (exact) mass is 491 g/mol. The SMILES string of the molecule is S.S.[C-]#[N+]c1ccn2nc([C@@H]3[C@@H](C)CN3c3nc(N)ncc3C#N)n(-c3ccccc3)c(=O)c12. The number of hydrogen-bond acceptors (Lipinski definition) is 7. The van der Waals surface area contributed by atoms with Crippen LogP contribution >= 0.6 is 27.0 Å². The first kappa shape index (κ1) is 24.6. The van der Waals surface area contributed by atoms with Crippen molar-refractivity contribution < 1.29 is 0 Å². The molecule has 3 aromatic heterocycles. The second-order valence-corrected chi connectivity index (χ2v) is 7.59. The molecule has 0 amide bonds. The fourth-order valence-corrected chi connectivity index (χ4v) is 4.16. The second kappa shape index (κ2) is 9.47. The fourth-order valence-electron chi connectivity index (χ4n) is 4.16. The number of anilines is 2. The summed E-state index contributed by atoms with van der Waals surface area (Å²) in [7, 11) is 0. The van der Waals surface area contributed by atoms with Gasteiger partial charge in [0, 0.05) is 18.7 Å². The third-order valence-corrected chi connectivity index (χ3v) is 5.63. The molecule has 12 heteroatoms. The molecule has 0 spiro atoms. The molecule has 172 valence electrons. The number of aromatic nitrogens is 5. The van der Waals surface area contributed by atoms with Crippen molar-refractivity contribution in [3.05, 3.63) is 82.0 Å². The highest BCUT2D eigenvalue weighted by molar-refractivity contribution is 7.59. The van der Waals surface area contributed by atoms with E-state index in [1.165, 1.54) is 15.3 Å². The lowest BCUT2D eigenvalue weighted by atomic mass is 9.89. The molecule has 10 nitrogen and oxygen atoms in total. The van der Waals surface area contributed by atoms with Crippen molar-refractivity contribution in [3.8, 4) is 11.8 Å². The summed E-state index contributed by atoms with van der Waals surface area (Å²) in [5.74, 6) is 1.08. The third-order valence-electron chi connectivity index (χ3n) is 5.63. The summed E-state index contributed by atoms with van der Waals surface area (Å²) in [5, 5.41) is 14.3. The van der Waals surface area contributed by atoms with E-state index in [0.29, 0.717) is 29.4 Å². The summed E-state index contributed by atoms with van der Waals surface area (Å²) in [4.78, 5) is 27.2. The van der Waals surface area contributed by atoms with Gasteiger partial charge in [0.15, 0.2) is 11.6 Å². The molecular formula is C22H21N9OS2. The molecule has 0 saturated carbocycles. The molecule has 1 aliphatic rings. The Morgan fingerprint density at radius 1 is 1.24 bits per heavy atom. The molecular weight excluding hydrogens is 470 g/mol. The van der Waals surface area contributed by atoms with Gasteiger partial charge in [-0.25, -0.2) is 14.3 Å². The molecule has 0 aliphatic carbocycles. The molecule has 34 heavy (non-hydrogen) atoms. The minimum atomic E-state index is -0.340. The summed E-state index contributed by atoms with van der Waals surface area (Å²) in [6.07, 6.45) is 3.01. The van der Waals surface area contributed by atoms with Gasteiger partial charge in [-0.2, -0.15) is 42.3 Å². The van der Waals surface area contributed by atoms with Crippen LogP contribution in [-0.2, 0) is 0 Å². The highest BCUT2D eigenvalue weighted by Crippen LogP contribution is 2.42. The highest BCUT2D eigenvalue weighted by Gasteiger charge is 2.42. The van der Waals surface area contributed by atoms with Gasteiger partial charge in [-0.05, 0) is 18.2 Å². The minimum absolute atomic E-state index is 0. The van der Waals surface area contributed by atoms with E-state index in [0.717, 1.165) is 0 Å². The van der Waals surface area contributed by atoms with Crippen LogP contribution in [0.5, 0.6) is 0 Å². The van der Waals surface area contributed by atoms with Crippen LogP contribution < -0.4 is 16.2 Å².